The van der Waals surface area contributed by atoms with Crippen LogP contribution in [0.25, 0.3) is 0 Å². The Labute approximate surface area is 132 Å². The van der Waals surface area contributed by atoms with E-state index in [9.17, 15) is 4.79 Å². The Balaban J connectivity index is 2.34. The number of carbonyl (C=O) groups is 1. The van der Waals surface area contributed by atoms with Crippen molar-refractivity contribution in [2.45, 2.75) is 19.8 Å². The van der Waals surface area contributed by atoms with Crippen LogP contribution in [0.1, 0.15) is 18.1 Å². The first-order valence-electron chi connectivity index (χ1n) is 7.43. The van der Waals surface area contributed by atoms with Crippen molar-refractivity contribution in [3.05, 3.63) is 71.8 Å². The van der Waals surface area contributed by atoms with Crippen LogP contribution >= 0.6 is 0 Å². The van der Waals surface area contributed by atoms with Crippen LogP contribution in [0, 0.1) is 17.8 Å². The van der Waals surface area contributed by atoms with Gasteiger partial charge in [-0.05, 0) is 30.9 Å². The first-order valence-corrected chi connectivity index (χ1v) is 7.43. The first-order chi connectivity index (χ1) is 10.7. The second-order valence-corrected chi connectivity index (χ2v) is 5.27. The van der Waals surface area contributed by atoms with Crippen LogP contribution in [-0.4, -0.2) is 12.6 Å². The maximum atomic E-state index is 12.5. The van der Waals surface area contributed by atoms with Crippen LogP contribution in [0.2, 0.25) is 0 Å². The van der Waals surface area contributed by atoms with Crippen molar-refractivity contribution in [3.63, 3.8) is 0 Å². The molecule has 22 heavy (non-hydrogen) atoms. The van der Waals surface area contributed by atoms with E-state index in [0.717, 1.165) is 11.1 Å². The standard InChI is InChI=1S/C20H20O2/c1-3-20(19(21)22-4-2,15-17-11-7-5-8-12-17)16-18-13-9-6-10-14-18/h1,5-14H,4,15-16H2,2H3. The predicted octanol–water partition coefficient (Wildman–Crippen LogP) is 3.65. The van der Waals surface area contributed by atoms with Crippen LogP contribution in [0.4, 0.5) is 0 Å². The summed E-state index contributed by atoms with van der Waals surface area (Å²) in [6.45, 7) is 2.12. The second kappa shape index (κ2) is 7.47. The maximum absolute atomic E-state index is 12.5. The van der Waals surface area contributed by atoms with Crippen molar-refractivity contribution in [2.24, 2.45) is 5.41 Å². The van der Waals surface area contributed by atoms with E-state index < -0.39 is 5.41 Å². The Kier molecular flexibility index (Phi) is 5.38. The van der Waals surface area contributed by atoms with Crippen LogP contribution in [0.15, 0.2) is 60.7 Å². The number of rotatable bonds is 6. The Hall–Kier alpha value is -2.53. The average molecular weight is 292 g/mol. The predicted molar refractivity (Wildman–Crippen MR) is 88.2 cm³/mol. The number of hydrogen-bond donors (Lipinski definition) is 0. The molecule has 0 aliphatic rings. The fourth-order valence-electron chi connectivity index (χ4n) is 2.53. The summed E-state index contributed by atoms with van der Waals surface area (Å²) in [6.07, 6.45) is 6.72. The van der Waals surface area contributed by atoms with E-state index in [2.05, 4.69) is 5.92 Å². The molecule has 0 saturated heterocycles. The van der Waals surface area contributed by atoms with E-state index in [1.54, 1.807) is 6.92 Å². The molecule has 2 aromatic carbocycles. The molecule has 2 aromatic rings. The topological polar surface area (TPSA) is 26.3 Å². The van der Waals surface area contributed by atoms with Crippen molar-refractivity contribution in [2.75, 3.05) is 6.61 Å². The Morgan fingerprint density at radius 1 is 1.00 bits per heavy atom. The van der Waals surface area contributed by atoms with Gasteiger partial charge in [0.05, 0.1) is 6.61 Å². The lowest BCUT2D eigenvalue weighted by atomic mass is 9.77. The molecule has 0 saturated carbocycles. The van der Waals surface area contributed by atoms with Crippen molar-refractivity contribution in [1.82, 2.24) is 0 Å². The van der Waals surface area contributed by atoms with Crippen molar-refractivity contribution in [3.8, 4) is 12.3 Å². The number of benzene rings is 2. The zero-order valence-corrected chi connectivity index (χ0v) is 12.8. The highest BCUT2D eigenvalue weighted by atomic mass is 16.5. The van der Waals surface area contributed by atoms with Crippen LogP contribution < -0.4 is 0 Å². The summed E-state index contributed by atoms with van der Waals surface area (Å²) in [5.74, 6) is 2.39. The van der Waals surface area contributed by atoms with E-state index >= 15 is 0 Å². The molecule has 2 heteroatoms. The number of terminal acetylenes is 1. The van der Waals surface area contributed by atoms with Gasteiger partial charge in [0.1, 0.15) is 5.41 Å². The largest absolute Gasteiger partial charge is 0.465 e. The Morgan fingerprint density at radius 3 is 1.82 bits per heavy atom. The van der Waals surface area contributed by atoms with Gasteiger partial charge in [-0.15, -0.1) is 6.42 Å². The molecule has 0 atom stereocenters. The lowest BCUT2D eigenvalue weighted by Crippen LogP contribution is -2.36. The van der Waals surface area contributed by atoms with Gasteiger partial charge in [0.25, 0.3) is 0 Å². The van der Waals surface area contributed by atoms with Gasteiger partial charge in [0.15, 0.2) is 0 Å². The highest BCUT2D eigenvalue weighted by Gasteiger charge is 2.38. The smallest absolute Gasteiger partial charge is 0.324 e. The van der Waals surface area contributed by atoms with Gasteiger partial charge in [-0.1, -0.05) is 66.6 Å². The van der Waals surface area contributed by atoms with E-state index in [0.29, 0.717) is 19.4 Å². The monoisotopic (exact) mass is 292 g/mol. The molecule has 0 amide bonds. The second-order valence-electron chi connectivity index (χ2n) is 5.27. The minimum absolute atomic E-state index is 0.325. The number of esters is 1. The van der Waals surface area contributed by atoms with Gasteiger partial charge in [-0.3, -0.25) is 4.79 Å². The third kappa shape index (κ3) is 3.77. The molecular weight excluding hydrogens is 272 g/mol. The molecule has 0 aliphatic heterocycles. The van der Waals surface area contributed by atoms with Crippen molar-refractivity contribution < 1.29 is 9.53 Å². The minimum Gasteiger partial charge on any atom is -0.465 e. The molecule has 0 N–H and O–H groups in total. The summed E-state index contributed by atoms with van der Waals surface area (Å²) >= 11 is 0. The molecule has 2 rings (SSSR count). The van der Waals surface area contributed by atoms with Crippen LogP contribution in [0.5, 0.6) is 0 Å². The summed E-state index contributed by atoms with van der Waals surface area (Å²) in [7, 11) is 0. The third-order valence-electron chi connectivity index (χ3n) is 3.64. The average Bonchev–Trinajstić information content (AvgIpc) is 2.56. The zero-order chi connectivity index (χ0) is 15.8. The van der Waals surface area contributed by atoms with Crippen molar-refractivity contribution in [1.29, 1.82) is 0 Å². The molecule has 0 unspecified atom stereocenters. The fraction of sp³-hybridized carbons (Fsp3) is 0.250. The summed E-state index contributed by atoms with van der Waals surface area (Å²) in [5, 5.41) is 0. The summed E-state index contributed by atoms with van der Waals surface area (Å²) < 4.78 is 5.26. The highest BCUT2D eigenvalue weighted by molar-refractivity contribution is 5.81. The fourth-order valence-corrected chi connectivity index (χ4v) is 2.53. The summed E-state index contributed by atoms with van der Waals surface area (Å²) in [4.78, 5) is 12.5. The van der Waals surface area contributed by atoms with Gasteiger partial charge in [-0.2, -0.15) is 0 Å². The number of hydrogen-bond acceptors (Lipinski definition) is 2. The molecule has 2 nitrogen and oxygen atoms in total. The number of ether oxygens (including phenoxy) is 1. The van der Waals surface area contributed by atoms with Crippen LogP contribution in [0.3, 0.4) is 0 Å². The molecule has 0 heterocycles. The minimum atomic E-state index is -0.973. The summed E-state index contributed by atoms with van der Waals surface area (Å²) in [6, 6.07) is 19.6. The first kappa shape index (κ1) is 15.9. The van der Waals surface area contributed by atoms with E-state index in [1.165, 1.54) is 0 Å². The molecule has 0 spiro atoms. The molecule has 0 bridgehead atoms. The molecule has 0 fully saturated rings. The Morgan fingerprint density at radius 2 is 1.45 bits per heavy atom. The maximum Gasteiger partial charge on any atom is 0.324 e. The third-order valence-corrected chi connectivity index (χ3v) is 3.64. The quantitative estimate of drug-likeness (QED) is 0.600. The molecule has 0 aromatic heterocycles. The van der Waals surface area contributed by atoms with Crippen LogP contribution in [-0.2, 0) is 22.4 Å². The zero-order valence-electron chi connectivity index (χ0n) is 12.8. The lowest BCUT2D eigenvalue weighted by Gasteiger charge is -2.26. The number of carbonyl (C=O) groups excluding carboxylic acids is 1. The van der Waals surface area contributed by atoms with Gasteiger partial charge < -0.3 is 4.74 Å². The molecule has 112 valence electrons. The Bertz CT molecular complexity index is 597. The van der Waals surface area contributed by atoms with E-state index in [4.69, 9.17) is 11.2 Å². The molecular formula is C20H20O2. The van der Waals surface area contributed by atoms with Gasteiger partial charge >= 0.3 is 5.97 Å². The van der Waals surface area contributed by atoms with E-state index in [-0.39, 0.29) is 5.97 Å². The van der Waals surface area contributed by atoms with Crippen molar-refractivity contribution >= 4 is 5.97 Å². The van der Waals surface area contributed by atoms with Gasteiger partial charge in [0.2, 0.25) is 0 Å². The summed E-state index contributed by atoms with van der Waals surface area (Å²) in [5.41, 5.74) is 1.09. The lowest BCUT2D eigenvalue weighted by molar-refractivity contribution is -0.151. The molecule has 0 radical (unpaired) electrons. The van der Waals surface area contributed by atoms with Gasteiger partial charge in [-0.25, -0.2) is 0 Å². The van der Waals surface area contributed by atoms with Gasteiger partial charge in [0, 0.05) is 0 Å². The molecule has 0 aliphatic carbocycles. The normalized spacial score (nSPS) is 10.7. The highest BCUT2D eigenvalue weighted by Crippen LogP contribution is 2.29. The van der Waals surface area contributed by atoms with E-state index in [1.807, 2.05) is 60.7 Å². The SMILES string of the molecule is C#CC(Cc1ccccc1)(Cc1ccccc1)C(=O)OCC.